The van der Waals surface area contributed by atoms with Crippen LogP contribution >= 0.6 is 0 Å². The highest BCUT2D eigenvalue weighted by atomic mass is 19.1. The fourth-order valence-electron chi connectivity index (χ4n) is 2.58. The van der Waals surface area contributed by atoms with Gasteiger partial charge in [0.2, 0.25) is 0 Å². The molecule has 104 valence electrons. The van der Waals surface area contributed by atoms with E-state index < -0.39 is 11.6 Å². The lowest BCUT2D eigenvalue weighted by Crippen LogP contribution is -2.05. The van der Waals surface area contributed by atoms with Gasteiger partial charge in [-0.1, -0.05) is 6.07 Å². The van der Waals surface area contributed by atoms with Crippen LogP contribution in [-0.2, 0) is 13.0 Å². The van der Waals surface area contributed by atoms with Crippen molar-refractivity contribution < 1.29 is 13.5 Å². The molecule has 0 radical (unpaired) electrons. The van der Waals surface area contributed by atoms with Crippen LogP contribution in [0.25, 0.3) is 0 Å². The van der Waals surface area contributed by atoms with Gasteiger partial charge >= 0.3 is 0 Å². The number of hydrogen-bond donors (Lipinski definition) is 1. The molecule has 0 bridgehead atoms. The molecular weight excluding hydrogens is 260 g/mol. The van der Waals surface area contributed by atoms with Crippen molar-refractivity contribution in [3.63, 3.8) is 0 Å². The first-order valence-corrected chi connectivity index (χ1v) is 6.58. The smallest absolute Gasteiger partial charge is 0.126 e. The molecule has 0 saturated heterocycles. The van der Waals surface area contributed by atoms with Crippen molar-refractivity contribution >= 4 is 0 Å². The van der Waals surface area contributed by atoms with E-state index in [0.717, 1.165) is 24.5 Å². The van der Waals surface area contributed by atoms with Crippen LogP contribution < -0.4 is 10.5 Å². The second-order valence-corrected chi connectivity index (χ2v) is 5.07. The molecule has 20 heavy (non-hydrogen) atoms. The number of hydrogen-bond acceptors (Lipinski definition) is 2. The molecule has 0 spiro atoms. The number of aryl methyl sites for hydroxylation is 1. The first-order valence-electron chi connectivity index (χ1n) is 6.58. The summed E-state index contributed by atoms with van der Waals surface area (Å²) in [5, 5.41) is 0. The average molecular weight is 275 g/mol. The van der Waals surface area contributed by atoms with Crippen LogP contribution in [0.4, 0.5) is 8.78 Å². The summed E-state index contributed by atoms with van der Waals surface area (Å²) < 4.78 is 31.7. The zero-order valence-corrected chi connectivity index (χ0v) is 10.9. The van der Waals surface area contributed by atoms with E-state index in [9.17, 15) is 8.78 Å². The number of nitrogens with two attached hydrogens (primary N) is 1. The zero-order chi connectivity index (χ0) is 14.1. The fraction of sp³-hybridized carbons (Fsp3) is 0.250. The van der Waals surface area contributed by atoms with Crippen molar-refractivity contribution in [3.8, 4) is 5.75 Å². The van der Waals surface area contributed by atoms with Gasteiger partial charge in [0, 0.05) is 12.1 Å². The maximum Gasteiger partial charge on any atom is 0.126 e. The third-order valence-corrected chi connectivity index (χ3v) is 3.57. The van der Waals surface area contributed by atoms with Gasteiger partial charge in [0.15, 0.2) is 0 Å². The van der Waals surface area contributed by atoms with Crippen LogP contribution in [0.15, 0.2) is 36.4 Å². The maximum absolute atomic E-state index is 13.1. The Kier molecular flexibility index (Phi) is 3.40. The Labute approximate surface area is 116 Å². The molecule has 0 aliphatic heterocycles. The summed E-state index contributed by atoms with van der Waals surface area (Å²) in [5.41, 5.74) is 8.80. The van der Waals surface area contributed by atoms with Gasteiger partial charge in [-0.2, -0.15) is 0 Å². The average Bonchev–Trinajstić information content (AvgIpc) is 2.77. The topological polar surface area (TPSA) is 35.2 Å². The predicted molar refractivity (Wildman–Crippen MR) is 72.4 cm³/mol. The number of rotatable bonds is 3. The Morgan fingerprint density at radius 3 is 2.60 bits per heavy atom. The van der Waals surface area contributed by atoms with Crippen molar-refractivity contribution in [1.29, 1.82) is 0 Å². The molecule has 2 aromatic carbocycles. The lowest BCUT2D eigenvalue weighted by atomic mass is 10.1. The molecule has 2 aromatic rings. The molecule has 0 saturated carbocycles. The van der Waals surface area contributed by atoms with Gasteiger partial charge in [0.05, 0.1) is 0 Å². The lowest BCUT2D eigenvalue weighted by Gasteiger charge is -2.09. The largest absolute Gasteiger partial charge is 0.489 e. The standard InChI is InChI=1S/C16H15F2NO/c17-12-5-10(6-13(18)8-12)9-20-14-2-3-15-11(7-14)1-4-16(15)19/h2-3,5-8,16H,1,4,9,19H2/t16-/m1/s1. The highest BCUT2D eigenvalue weighted by Gasteiger charge is 2.19. The van der Waals surface area contributed by atoms with E-state index in [1.165, 1.54) is 17.7 Å². The van der Waals surface area contributed by atoms with Gasteiger partial charge in [-0.3, -0.25) is 0 Å². The molecule has 1 aliphatic rings. The van der Waals surface area contributed by atoms with Gasteiger partial charge < -0.3 is 10.5 Å². The molecule has 3 rings (SSSR count). The van der Waals surface area contributed by atoms with Crippen LogP contribution in [0.5, 0.6) is 5.75 Å². The highest BCUT2D eigenvalue weighted by molar-refractivity contribution is 5.40. The molecule has 2 N–H and O–H groups in total. The number of fused-ring (bicyclic) bond motifs is 1. The Bertz CT molecular complexity index is 622. The molecule has 2 nitrogen and oxygen atoms in total. The van der Waals surface area contributed by atoms with E-state index in [4.69, 9.17) is 10.5 Å². The Morgan fingerprint density at radius 2 is 1.85 bits per heavy atom. The third kappa shape index (κ3) is 2.65. The van der Waals surface area contributed by atoms with Crippen molar-refractivity contribution in [1.82, 2.24) is 0 Å². The normalized spacial score (nSPS) is 17.1. The lowest BCUT2D eigenvalue weighted by molar-refractivity contribution is 0.304. The Hall–Kier alpha value is -1.94. The van der Waals surface area contributed by atoms with E-state index >= 15 is 0 Å². The molecule has 0 amide bonds. The summed E-state index contributed by atoms with van der Waals surface area (Å²) in [6, 6.07) is 9.27. The van der Waals surface area contributed by atoms with Gasteiger partial charge in [0.1, 0.15) is 24.0 Å². The van der Waals surface area contributed by atoms with Crippen LogP contribution in [-0.4, -0.2) is 0 Å². The minimum Gasteiger partial charge on any atom is -0.489 e. The molecule has 0 aromatic heterocycles. The summed E-state index contributed by atoms with van der Waals surface area (Å²) in [6.45, 7) is 0.138. The third-order valence-electron chi connectivity index (χ3n) is 3.57. The van der Waals surface area contributed by atoms with Crippen molar-refractivity contribution in [2.24, 2.45) is 5.73 Å². The minimum atomic E-state index is -0.594. The van der Waals surface area contributed by atoms with Crippen LogP contribution in [0.2, 0.25) is 0 Å². The summed E-state index contributed by atoms with van der Waals surface area (Å²) in [4.78, 5) is 0. The van der Waals surface area contributed by atoms with E-state index in [-0.39, 0.29) is 12.6 Å². The number of ether oxygens (including phenoxy) is 1. The molecule has 4 heteroatoms. The predicted octanol–water partition coefficient (Wildman–Crippen LogP) is 3.49. The first-order chi connectivity index (χ1) is 9.61. The Morgan fingerprint density at radius 1 is 1.10 bits per heavy atom. The summed E-state index contributed by atoms with van der Waals surface area (Å²) in [7, 11) is 0. The monoisotopic (exact) mass is 275 g/mol. The Balaban J connectivity index is 1.72. The van der Waals surface area contributed by atoms with E-state index in [1.54, 1.807) is 0 Å². The molecule has 0 unspecified atom stereocenters. The second-order valence-electron chi connectivity index (χ2n) is 5.07. The van der Waals surface area contributed by atoms with Crippen LogP contribution in [0.1, 0.15) is 29.2 Å². The molecule has 0 heterocycles. The van der Waals surface area contributed by atoms with Crippen LogP contribution in [0, 0.1) is 11.6 Å². The summed E-state index contributed by atoms with van der Waals surface area (Å²) in [6.07, 6.45) is 1.90. The van der Waals surface area contributed by atoms with Crippen LogP contribution in [0.3, 0.4) is 0 Å². The van der Waals surface area contributed by atoms with E-state index in [2.05, 4.69) is 0 Å². The first kappa shape index (κ1) is 13.1. The molecular formula is C16H15F2NO. The molecule has 1 aliphatic carbocycles. The summed E-state index contributed by atoms with van der Waals surface area (Å²) >= 11 is 0. The minimum absolute atomic E-state index is 0.108. The van der Waals surface area contributed by atoms with Crippen molar-refractivity contribution in [2.45, 2.75) is 25.5 Å². The van der Waals surface area contributed by atoms with E-state index in [1.807, 2.05) is 18.2 Å². The molecule has 0 fully saturated rings. The van der Waals surface area contributed by atoms with Gasteiger partial charge in [0.25, 0.3) is 0 Å². The fourth-order valence-corrected chi connectivity index (χ4v) is 2.58. The van der Waals surface area contributed by atoms with Gasteiger partial charge in [-0.15, -0.1) is 0 Å². The quantitative estimate of drug-likeness (QED) is 0.930. The van der Waals surface area contributed by atoms with Crippen molar-refractivity contribution in [2.75, 3.05) is 0 Å². The van der Waals surface area contributed by atoms with E-state index in [0.29, 0.717) is 11.3 Å². The highest BCUT2D eigenvalue weighted by Crippen LogP contribution is 2.32. The second kappa shape index (κ2) is 5.21. The molecule has 1 atom stereocenters. The van der Waals surface area contributed by atoms with Crippen molar-refractivity contribution in [3.05, 3.63) is 64.7 Å². The zero-order valence-electron chi connectivity index (χ0n) is 10.9. The van der Waals surface area contributed by atoms with Gasteiger partial charge in [-0.05, 0) is 53.8 Å². The van der Waals surface area contributed by atoms with Gasteiger partial charge in [-0.25, -0.2) is 8.78 Å². The number of benzene rings is 2. The SMILES string of the molecule is N[C@@H]1CCc2cc(OCc3cc(F)cc(F)c3)ccc21. The number of halogens is 2. The summed E-state index contributed by atoms with van der Waals surface area (Å²) in [5.74, 6) is -0.491. The maximum atomic E-state index is 13.1.